The van der Waals surface area contributed by atoms with Crippen LogP contribution in [0.1, 0.15) is 20.8 Å². The summed E-state index contributed by atoms with van der Waals surface area (Å²) in [7, 11) is 0. The lowest BCUT2D eigenvalue weighted by Crippen LogP contribution is -2.59. The molecule has 2 aliphatic rings. The average molecular weight is 471 g/mol. The van der Waals surface area contributed by atoms with Gasteiger partial charge in [-0.25, -0.2) is 19.0 Å². The van der Waals surface area contributed by atoms with Crippen LogP contribution in [-0.4, -0.2) is 59.0 Å². The number of nitrogens with zero attached hydrogens (tertiary/aromatic N) is 4. The van der Waals surface area contributed by atoms with Crippen molar-refractivity contribution < 1.29 is 23.4 Å². The van der Waals surface area contributed by atoms with Gasteiger partial charge >= 0.3 is 6.09 Å². The van der Waals surface area contributed by atoms with E-state index >= 15 is 0 Å². The topological polar surface area (TPSA) is 116 Å². The molecule has 1 amide bonds. The molecule has 0 radical (unpaired) electrons. The third kappa shape index (κ3) is 5.12. The van der Waals surface area contributed by atoms with E-state index in [2.05, 4.69) is 20.1 Å². The fraction of sp³-hybridized carbons (Fsp3) is 0.478. The van der Waals surface area contributed by atoms with Crippen LogP contribution in [-0.2, 0) is 9.47 Å². The molecule has 2 aliphatic heterocycles. The van der Waals surface area contributed by atoms with Gasteiger partial charge in [-0.1, -0.05) is 6.07 Å². The molecular weight excluding hydrogens is 443 g/mol. The first-order chi connectivity index (χ1) is 16.1. The number of anilines is 3. The van der Waals surface area contributed by atoms with Crippen molar-refractivity contribution in [1.82, 2.24) is 14.9 Å². The number of rotatable bonds is 4. The fourth-order valence-electron chi connectivity index (χ4n) is 4.07. The monoisotopic (exact) mass is 470 g/mol. The minimum absolute atomic E-state index is 0.0931. The molecule has 2 saturated heterocycles. The number of hydrogen-bond donors (Lipinski definition) is 2. The second-order valence-electron chi connectivity index (χ2n) is 9.37. The van der Waals surface area contributed by atoms with Crippen LogP contribution in [0.3, 0.4) is 0 Å². The summed E-state index contributed by atoms with van der Waals surface area (Å²) in [6.45, 7) is 14.2. The zero-order chi connectivity index (χ0) is 24.5. The third-order valence-corrected chi connectivity index (χ3v) is 5.58. The molecule has 0 saturated carbocycles. The van der Waals surface area contributed by atoms with Crippen molar-refractivity contribution in [2.45, 2.75) is 32.5 Å². The maximum atomic E-state index is 14.3. The molecular formula is C23H27FN6O4. The van der Waals surface area contributed by atoms with Crippen LogP contribution in [0.5, 0.6) is 5.88 Å². The number of piperidine rings is 1. The number of aromatic nitrogens is 2. The van der Waals surface area contributed by atoms with E-state index in [1.54, 1.807) is 4.90 Å². The van der Waals surface area contributed by atoms with Crippen LogP contribution in [0.2, 0.25) is 0 Å². The summed E-state index contributed by atoms with van der Waals surface area (Å²) in [6, 6.07) is 4.06. The Hall–Kier alpha value is -3.65. The Morgan fingerprint density at radius 2 is 2.00 bits per heavy atom. The lowest BCUT2D eigenvalue weighted by molar-refractivity contribution is -0.113. The van der Waals surface area contributed by atoms with Gasteiger partial charge in [-0.2, -0.15) is 4.98 Å². The number of carbonyl (C=O) groups excluding carboxylic acids is 1. The molecule has 2 unspecified atom stereocenters. The van der Waals surface area contributed by atoms with Gasteiger partial charge in [0, 0.05) is 24.9 Å². The van der Waals surface area contributed by atoms with Crippen molar-refractivity contribution in [2.24, 2.45) is 11.8 Å². The van der Waals surface area contributed by atoms with Crippen molar-refractivity contribution in [3.05, 3.63) is 41.8 Å². The highest BCUT2D eigenvalue weighted by Gasteiger charge is 2.44. The first kappa shape index (κ1) is 23.5. The van der Waals surface area contributed by atoms with Crippen LogP contribution < -0.4 is 15.8 Å². The molecule has 10 nitrogen and oxygen atoms in total. The smallest absolute Gasteiger partial charge is 0.410 e. The Kier molecular flexibility index (Phi) is 6.43. The Bertz CT molecular complexity index is 1100. The lowest BCUT2D eigenvalue weighted by atomic mass is 9.84. The first-order valence-electron chi connectivity index (χ1n) is 10.9. The molecule has 11 heteroatoms. The molecule has 2 atom stereocenters. The predicted molar refractivity (Wildman–Crippen MR) is 122 cm³/mol. The van der Waals surface area contributed by atoms with E-state index in [9.17, 15) is 9.18 Å². The second kappa shape index (κ2) is 9.30. The van der Waals surface area contributed by atoms with E-state index in [4.69, 9.17) is 26.5 Å². The maximum Gasteiger partial charge on any atom is 0.410 e. The number of fused-ring (bicyclic) bond motifs is 2. The first-order valence-corrected chi connectivity index (χ1v) is 10.9. The maximum absolute atomic E-state index is 14.3. The molecule has 0 spiro atoms. The molecule has 2 aromatic rings. The molecule has 2 fully saturated rings. The number of carbonyl (C=O) groups is 1. The zero-order valence-corrected chi connectivity index (χ0v) is 19.2. The third-order valence-electron chi connectivity index (χ3n) is 5.58. The van der Waals surface area contributed by atoms with Crippen molar-refractivity contribution in [1.29, 1.82) is 0 Å². The van der Waals surface area contributed by atoms with Crippen LogP contribution in [0.15, 0.2) is 24.5 Å². The molecule has 0 aliphatic carbocycles. The molecule has 180 valence electrons. The van der Waals surface area contributed by atoms with E-state index in [-0.39, 0.29) is 52.8 Å². The number of hydrogen-bond acceptors (Lipinski definition) is 8. The van der Waals surface area contributed by atoms with Crippen molar-refractivity contribution in [3.63, 3.8) is 0 Å². The van der Waals surface area contributed by atoms with Crippen LogP contribution in [0.4, 0.5) is 32.1 Å². The summed E-state index contributed by atoms with van der Waals surface area (Å²) >= 11 is 0. The van der Waals surface area contributed by atoms with Crippen LogP contribution in [0.25, 0.3) is 4.85 Å². The van der Waals surface area contributed by atoms with Gasteiger partial charge in [0.05, 0.1) is 25.5 Å². The Labute approximate surface area is 197 Å². The Morgan fingerprint density at radius 3 is 2.62 bits per heavy atom. The van der Waals surface area contributed by atoms with Crippen molar-refractivity contribution in [2.75, 3.05) is 37.4 Å². The molecule has 2 bridgehead atoms. The molecule has 1 aromatic carbocycles. The van der Waals surface area contributed by atoms with Gasteiger partial charge in [-0.15, -0.1) is 0 Å². The van der Waals surface area contributed by atoms with E-state index in [0.29, 0.717) is 26.3 Å². The molecule has 3 N–H and O–H groups in total. The van der Waals surface area contributed by atoms with E-state index in [0.717, 1.165) is 6.07 Å². The number of ether oxygens (including phenoxy) is 3. The van der Waals surface area contributed by atoms with Gasteiger partial charge in [0.15, 0.2) is 11.5 Å². The minimum atomic E-state index is -0.602. The Balaban J connectivity index is 1.49. The number of nitrogens with two attached hydrogens (primary N) is 1. The summed E-state index contributed by atoms with van der Waals surface area (Å²) in [5, 5.41) is 2.84. The SMILES string of the molecule is [C-]#[N+]c1ccc(Nc2ncnc(OC3C4COCC3CN(C(=O)OC(C)(C)C)C4)c2N)c(F)c1. The van der Waals surface area contributed by atoms with Gasteiger partial charge in [0.1, 0.15) is 29.5 Å². The average Bonchev–Trinajstić information content (AvgIpc) is 2.76. The number of benzene rings is 1. The van der Waals surface area contributed by atoms with Crippen molar-refractivity contribution in [3.8, 4) is 5.88 Å². The molecule has 34 heavy (non-hydrogen) atoms. The van der Waals surface area contributed by atoms with Gasteiger partial charge < -0.3 is 30.2 Å². The quantitative estimate of drug-likeness (QED) is 0.649. The van der Waals surface area contributed by atoms with E-state index in [1.165, 1.54) is 18.5 Å². The number of amides is 1. The van der Waals surface area contributed by atoms with Gasteiger partial charge in [0.25, 0.3) is 0 Å². The summed E-state index contributed by atoms with van der Waals surface area (Å²) < 4.78 is 31.8. The number of nitrogen functional groups attached to an aromatic ring is 1. The Morgan fingerprint density at radius 1 is 1.29 bits per heavy atom. The molecule has 4 rings (SSSR count). The number of nitrogens with one attached hydrogen (secondary N) is 1. The summed E-state index contributed by atoms with van der Waals surface area (Å²) in [4.78, 5) is 25.8. The second-order valence-corrected chi connectivity index (χ2v) is 9.37. The number of likely N-dealkylation sites (tertiary alicyclic amines) is 1. The number of halogens is 1. The van der Waals surface area contributed by atoms with Crippen molar-refractivity contribution >= 4 is 29.0 Å². The fourth-order valence-corrected chi connectivity index (χ4v) is 4.07. The van der Waals surface area contributed by atoms with Gasteiger partial charge in [-0.05, 0) is 32.9 Å². The van der Waals surface area contributed by atoms with E-state index in [1.807, 2.05) is 20.8 Å². The highest BCUT2D eigenvalue weighted by atomic mass is 19.1. The predicted octanol–water partition coefficient (Wildman–Crippen LogP) is 3.75. The minimum Gasteiger partial charge on any atom is -0.472 e. The largest absolute Gasteiger partial charge is 0.472 e. The standard InChI is InChI=1S/C23H27FN6O4/c1-23(2,3)34-22(31)30-8-13-10-32-11-14(9-30)19(13)33-21-18(25)20(27-12-28-21)29-17-6-5-15(26-4)7-16(17)24/h5-7,12-14,19H,8-11,25H2,1-3H3,(H,27,28,29). The van der Waals surface area contributed by atoms with Crippen LogP contribution >= 0.6 is 0 Å². The summed E-state index contributed by atoms with van der Waals surface area (Å²) in [5.74, 6) is -0.431. The summed E-state index contributed by atoms with van der Waals surface area (Å²) in [5.41, 5.74) is 6.11. The highest BCUT2D eigenvalue weighted by Crippen LogP contribution is 2.35. The molecule has 1 aromatic heterocycles. The molecule has 3 heterocycles. The highest BCUT2D eigenvalue weighted by molar-refractivity contribution is 5.73. The van der Waals surface area contributed by atoms with Gasteiger partial charge in [0.2, 0.25) is 5.88 Å². The van der Waals surface area contributed by atoms with Gasteiger partial charge in [-0.3, -0.25) is 0 Å². The van der Waals surface area contributed by atoms with E-state index < -0.39 is 11.4 Å². The summed E-state index contributed by atoms with van der Waals surface area (Å²) in [6.07, 6.45) is 0.649. The lowest BCUT2D eigenvalue weighted by Gasteiger charge is -2.46. The normalized spacial score (nSPS) is 22.0. The zero-order valence-electron chi connectivity index (χ0n) is 19.2. The van der Waals surface area contributed by atoms with Crippen LogP contribution in [0, 0.1) is 24.2 Å².